The Morgan fingerprint density at radius 2 is 1.62 bits per heavy atom. The average molecular weight is 390 g/mol. The molecule has 1 aliphatic heterocycles. The van der Waals surface area contributed by atoms with Crippen LogP contribution in [0.15, 0.2) is 60.9 Å². The average Bonchev–Trinajstić information content (AvgIpc) is 2.78. The number of benzene rings is 1. The van der Waals surface area contributed by atoms with E-state index in [1.807, 2.05) is 12.1 Å². The van der Waals surface area contributed by atoms with E-state index in [1.54, 1.807) is 48.8 Å². The van der Waals surface area contributed by atoms with Gasteiger partial charge >= 0.3 is 0 Å². The van der Waals surface area contributed by atoms with Gasteiger partial charge in [0, 0.05) is 30.7 Å². The van der Waals surface area contributed by atoms with Crippen LogP contribution in [0, 0.1) is 0 Å². The largest absolute Gasteiger partial charge is 0.486 e. The van der Waals surface area contributed by atoms with Gasteiger partial charge in [0.15, 0.2) is 11.5 Å². The van der Waals surface area contributed by atoms with Crippen molar-refractivity contribution >= 4 is 17.5 Å². The fourth-order valence-electron chi connectivity index (χ4n) is 2.78. The van der Waals surface area contributed by atoms with E-state index in [-0.39, 0.29) is 17.3 Å². The van der Waals surface area contributed by atoms with Gasteiger partial charge in [-0.25, -0.2) is 4.98 Å². The molecular formula is C21H18N4O4. The van der Waals surface area contributed by atoms with Crippen LogP contribution in [0.2, 0.25) is 0 Å². The topological polar surface area (TPSA) is 102 Å². The zero-order valence-electron chi connectivity index (χ0n) is 15.4. The highest BCUT2D eigenvalue weighted by Crippen LogP contribution is 2.32. The summed E-state index contributed by atoms with van der Waals surface area (Å²) >= 11 is 0. The monoisotopic (exact) mass is 390 g/mol. The van der Waals surface area contributed by atoms with Crippen molar-refractivity contribution in [3.8, 4) is 11.5 Å². The summed E-state index contributed by atoms with van der Waals surface area (Å²) in [6.07, 6.45) is 3.31. The van der Waals surface area contributed by atoms with Gasteiger partial charge in [0.2, 0.25) is 0 Å². The maximum absolute atomic E-state index is 12.6. The number of carbonyl (C=O) groups excluding carboxylic acids is 2. The van der Waals surface area contributed by atoms with Gasteiger partial charge in [0.25, 0.3) is 11.8 Å². The number of amides is 2. The standard InChI is InChI=1S/C21H18N4O4/c26-20(23-13-14-6-8-22-9-7-14)16-2-1-3-17(25-16)21(27)24-15-4-5-18-19(12-15)29-11-10-28-18/h1-9,12H,10-11,13H2,(H,23,26)(H,24,27). The number of rotatable bonds is 5. The van der Waals surface area contributed by atoms with Crippen LogP contribution in [-0.4, -0.2) is 35.0 Å². The molecule has 2 aromatic heterocycles. The molecule has 0 atom stereocenters. The van der Waals surface area contributed by atoms with Gasteiger partial charge in [-0.2, -0.15) is 0 Å². The molecule has 2 N–H and O–H groups in total. The fraction of sp³-hybridized carbons (Fsp3) is 0.143. The maximum atomic E-state index is 12.6. The number of nitrogens with one attached hydrogen (secondary N) is 2. The van der Waals surface area contributed by atoms with Crippen LogP contribution in [-0.2, 0) is 6.54 Å². The molecule has 0 radical (unpaired) electrons. The molecule has 1 aromatic carbocycles. The first-order valence-electron chi connectivity index (χ1n) is 9.04. The van der Waals surface area contributed by atoms with Crippen LogP contribution in [0.1, 0.15) is 26.5 Å². The zero-order valence-corrected chi connectivity index (χ0v) is 15.4. The maximum Gasteiger partial charge on any atom is 0.274 e. The molecule has 3 heterocycles. The fourth-order valence-corrected chi connectivity index (χ4v) is 2.78. The highest BCUT2D eigenvalue weighted by atomic mass is 16.6. The Labute approximate surface area is 166 Å². The Kier molecular flexibility index (Phi) is 5.33. The predicted molar refractivity (Wildman–Crippen MR) is 105 cm³/mol. The minimum atomic E-state index is -0.425. The molecule has 0 saturated carbocycles. The molecule has 1 aliphatic rings. The lowest BCUT2D eigenvalue weighted by Crippen LogP contribution is -2.25. The Morgan fingerprint density at radius 3 is 2.41 bits per heavy atom. The number of pyridine rings is 2. The van der Waals surface area contributed by atoms with E-state index in [0.717, 1.165) is 5.56 Å². The number of carbonyl (C=O) groups is 2. The van der Waals surface area contributed by atoms with Crippen molar-refractivity contribution in [3.63, 3.8) is 0 Å². The van der Waals surface area contributed by atoms with E-state index >= 15 is 0 Å². The molecule has 4 rings (SSSR count). The molecule has 0 bridgehead atoms. The van der Waals surface area contributed by atoms with Crippen LogP contribution in [0.5, 0.6) is 11.5 Å². The molecule has 2 amide bonds. The summed E-state index contributed by atoms with van der Waals surface area (Å²) in [5.74, 6) is 0.424. The molecular weight excluding hydrogens is 372 g/mol. The highest BCUT2D eigenvalue weighted by Gasteiger charge is 2.15. The minimum absolute atomic E-state index is 0.136. The molecule has 0 fully saturated rings. The third-order valence-electron chi connectivity index (χ3n) is 4.22. The number of aromatic nitrogens is 2. The van der Waals surface area contributed by atoms with E-state index in [1.165, 1.54) is 0 Å². The smallest absolute Gasteiger partial charge is 0.274 e. The summed E-state index contributed by atoms with van der Waals surface area (Å²) in [5, 5.41) is 5.53. The summed E-state index contributed by atoms with van der Waals surface area (Å²) in [7, 11) is 0. The number of hydrogen-bond acceptors (Lipinski definition) is 6. The van der Waals surface area contributed by atoms with Gasteiger partial charge in [-0.3, -0.25) is 14.6 Å². The van der Waals surface area contributed by atoms with Gasteiger partial charge in [-0.1, -0.05) is 6.07 Å². The molecule has 0 unspecified atom stereocenters. The molecule has 8 nitrogen and oxygen atoms in total. The van der Waals surface area contributed by atoms with Crippen molar-refractivity contribution in [2.45, 2.75) is 6.54 Å². The van der Waals surface area contributed by atoms with Crippen LogP contribution < -0.4 is 20.1 Å². The first-order chi connectivity index (χ1) is 14.2. The summed E-state index contributed by atoms with van der Waals surface area (Å²) in [6.45, 7) is 1.30. The summed E-state index contributed by atoms with van der Waals surface area (Å²) < 4.78 is 11.0. The second kappa shape index (κ2) is 8.39. The van der Waals surface area contributed by atoms with Crippen molar-refractivity contribution in [2.24, 2.45) is 0 Å². The van der Waals surface area contributed by atoms with Gasteiger partial charge in [-0.05, 0) is 42.0 Å². The van der Waals surface area contributed by atoms with E-state index in [4.69, 9.17) is 9.47 Å². The Bertz CT molecular complexity index is 1040. The number of nitrogens with zero attached hydrogens (tertiary/aromatic N) is 2. The number of fused-ring (bicyclic) bond motifs is 1. The predicted octanol–water partition coefficient (Wildman–Crippen LogP) is 2.43. The van der Waals surface area contributed by atoms with Gasteiger partial charge in [-0.15, -0.1) is 0 Å². The molecule has 29 heavy (non-hydrogen) atoms. The first kappa shape index (κ1) is 18.4. The summed E-state index contributed by atoms with van der Waals surface area (Å²) in [5.41, 5.74) is 1.76. The normalized spacial score (nSPS) is 12.1. The first-order valence-corrected chi connectivity index (χ1v) is 9.04. The van der Waals surface area contributed by atoms with Crippen LogP contribution in [0.3, 0.4) is 0 Å². The van der Waals surface area contributed by atoms with Crippen molar-refractivity contribution in [3.05, 3.63) is 77.9 Å². The number of anilines is 1. The second-order valence-electron chi connectivity index (χ2n) is 6.26. The lowest BCUT2D eigenvalue weighted by molar-refractivity contribution is 0.0945. The SMILES string of the molecule is O=C(NCc1ccncc1)c1cccc(C(=O)Nc2ccc3c(c2)OCCO3)n1. The molecule has 0 aliphatic carbocycles. The van der Waals surface area contributed by atoms with Crippen LogP contribution in [0.25, 0.3) is 0 Å². The Balaban J connectivity index is 1.42. The van der Waals surface area contributed by atoms with Gasteiger partial charge < -0.3 is 20.1 Å². The minimum Gasteiger partial charge on any atom is -0.486 e. The lowest BCUT2D eigenvalue weighted by Gasteiger charge is -2.19. The number of ether oxygens (including phenoxy) is 2. The van der Waals surface area contributed by atoms with Gasteiger partial charge in [0.05, 0.1) is 0 Å². The van der Waals surface area contributed by atoms with Crippen molar-refractivity contribution < 1.29 is 19.1 Å². The molecule has 146 valence electrons. The Morgan fingerprint density at radius 1 is 0.897 bits per heavy atom. The third kappa shape index (κ3) is 4.49. The molecule has 8 heteroatoms. The van der Waals surface area contributed by atoms with Crippen LogP contribution >= 0.6 is 0 Å². The molecule has 3 aromatic rings. The van der Waals surface area contributed by atoms with E-state index in [9.17, 15) is 9.59 Å². The van der Waals surface area contributed by atoms with E-state index in [0.29, 0.717) is 36.9 Å². The Hall–Kier alpha value is -3.94. The summed E-state index contributed by atoms with van der Waals surface area (Å²) in [4.78, 5) is 33.0. The quantitative estimate of drug-likeness (QED) is 0.694. The van der Waals surface area contributed by atoms with Crippen molar-refractivity contribution in [1.29, 1.82) is 0 Å². The highest BCUT2D eigenvalue weighted by molar-refractivity contribution is 6.04. The molecule has 0 spiro atoms. The summed E-state index contributed by atoms with van der Waals surface area (Å²) in [6, 6.07) is 13.5. The van der Waals surface area contributed by atoms with Gasteiger partial charge in [0.1, 0.15) is 24.6 Å². The van der Waals surface area contributed by atoms with Crippen molar-refractivity contribution in [1.82, 2.24) is 15.3 Å². The second-order valence-corrected chi connectivity index (χ2v) is 6.26. The molecule has 0 saturated heterocycles. The van der Waals surface area contributed by atoms with Crippen molar-refractivity contribution in [2.75, 3.05) is 18.5 Å². The van der Waals surface area contributed by atoms with Crippen LogP contribution in [0.4, 0.5) is 5.69 Å². The number of hydrogen-bond donors (Lipinski definition) is 2. The van der Waals surface area contributed by atoms with E-state index in [2.05, 4.69) is 20.6 Å². The third-order valence-corrected chi connectivity index (χ3v) is 4.22. The van der Waals surface area contributed by atoms with E-state index < -0.39 is 5.91 Å². The zero-order chi connectivity index (χ0) is 20.1. The lowest BCUT2D eigenvalue weighted by atomic mass is 10.2.